The number of rotatable bonds is 13. The summed E-state index contributed by atoms with van der Waals surface area (Å²) in [6, 6.07) is 0. The van der Waals surface area contributed by atoms with E-state index in [0.717, 1.165) is 37.5 Å². The molecule has 0 aliphatic heterocycles. The minimum Gasteiger partial charge on any atom is -0.465 e. The van der Waals surface area contributed by atoms with Crippen LogP contribution in [0.15, 0.2) is 0 Å². The summed E-state index contributed by atoms with van der Waals surface area (Å²) in [7, 11) is 0. The Balaban J connectivity index is 3.69. The average Bonchev–Trinajstić information content (AvgIpc) is 2.41. The van der Waals surface area contributed by atoms with E-state index in [-0.39, 0.29) is 5.97 Å². The highest BCUT2D eigenvalue weighted by Crippen LogP contribution is 2.24. The maximum atomic E-state index is 12.1. The number of thiol groups is 1. The minimum absolute atomic E-state index is 0.149. The molecule has 0 bridgehead atoms. The molecule has 0 radical (unpaired) electrons. The first kappa shape index (κ1) is 21.8. The lowest BCUT2D eigenvalue weighted by Gasteiger charge is -2.21. The number of carbonyl (C=O) groups is 1. The molecule has 0 aromatic carbocycles. The highest BCUT2D eigenvalue weighted by molar-refractivity contribution is 7.82. The van der Waals surface area contributed by atoms with Crippen molar-refractivity contribution in [3.05, 3.63) is 0 Å². The molecule has 0 amide bonds. The van der Waals surface area contributed by atoms with E-state index in [0.29, 0.717) is 6.61 Å². The van der Waals surface area contributed by atoms with E-state index in [2.05, 4.69) is 40.3 Å². The van der Waals surface area contributed by atoms with Gasteiger partial charge in [0.25, 0.3) is 0 Å². The second-order valence-electron chi connectivity index (χ2n) is 7.65. The average molecular weight is 331 g/mol. The Morgan fingerprint density at radius 1 is 0.909 bits per heavy atom. The maximum absolute atomic E-state index is 12.1. The van der Waals surface area contributed by atoms with Gasteiger partial charge >= 0.3 is 5.97 Å². The first-order chi connectivity index (χ1) is 10.3. The van der Waals surface area contributed by atoms with Crippen LogP contribution in [0.2, 0.25) is 0 Å². The van der Waals surface area contributed by atoms with Gasteiger partial charge in [-0.15, -0.1) is 0 Å². The smallest absolute Gasteiger partial charge is 0.321 e. The highest BCUT2D eigenvalue weighted by Gasteiger charge is 2.29. The van der Waals surface area contributed by atoms with Gasteiger partial charge < -0.3 is 4.74 Å². The van der Waals surface area contributed by atoms with Crippen LogP contribution in [0.1, 0.15) is 92.4 Å². The lowest BCUT2D eigenvalue weighted by Crippen LogP contribution is -2.31. The summed E-state index contributed by atoms with van der Waals surface area (Å²) in [5.74, 6) is 1.38. The van der Waals surface area contributed by atoms with E-state index in [1.807, 2.05) is 6.92 Å². The van der Waals surface area contributed by atoms with Crippen molar-refractivity contribution in [2.45, 2.75) is 97.2 Å². The van der Waals surface area contributed by atoms with Gasteiger partial charge in [-0.25, -0.2) is 0 Å². The molecule has 0 aromatic heterocycles. The summed E-state index contributed by atoms with van der Waals surface area (Å²) < 4.78 is 4.76. The predicted molar refractivity (Wildman–Crippen MR) is 99.6 cm³/mol. The van der Waals surface area contributed by atoms with Gasteiger partial charge in [-0.2, -0.15) is 12.6 Å². The standard InChI is InChI=1S/C19H38O2S/c1-16(2)12-8-6-10-14-19(5,22)18(20)21-15-11-7-9-13-17(3)4/h16-17,22H,6-15H2,1-5H3. The zero-order valence-electron chi connectivity index (χ0n) is 15.5. The first-order valence-corrected chi connectivity index (χ1v) is 9.60. The van der Waals surface area contributed by atoms with Gasteiger partial charge in [0.2, 0.25) is 0 Å². The van der Waals surface area contributed by atoms with Crippen LogP contribution < -0.4 is 0 Å². The summed E-state index contributed by atoms with van der Waals surface area (Å²) in [6.45, 7) is 11.4. The van der Waals surface area contributed by atoms with Gasteiger partial charge in [-0.05, 0) is 31.6 Å². The SMILES string of the molecule is CC(C)CCCCCOC(=O)C(C)(S)CCCCCC(C)C. The molecule has 0 aliphatic rings. The third kappa shape index (κ3) is 12.4. The van der Waals surface area contributed by atoms with Crippen LogP contribution in [0.25, 0.3) is 0 Å². The minimum atomic E-state index is -0.629. The molecule has 0 fully saturated rings. The molecule has 3 heteroatoms. The monoisotopic (exact) mass is 330 g/mol. The number of esters is 1. The number of hydrogen-bond acceptors (Lipinski definition) is 3. The summed E-state index contributed by atoms with van der Waals surface area (Å²) in [4.78, 5) is 12.1. The number of carbonyl (C=O) groups excluding carboxylic acids is 1. The Morgan fingerprint density at radius 2 is 1.41 bits per heavy atom. The highest BCUT2D eigenvalue weighted by atomic mass is 32.1. The number of hydrogen-bond donors (Lipinski definition) is 1. The van der Waals surface area contributed by atoms with Gasteiger partial charge in [0.15, 0.2) is 0 Å². The maximum Gasteiger partial charge on any atom is 0.321 e. The van der Waals surface area contributed by atoms with Gasteiger partial charge in [0.05, 0.1) is 6.61 Å². The van der Waals surface area contributed by atoms with E-state index >= 15 is 0 Å². The molecule has 0 spiro atoms. The fourth-order valence-corrected chi connectivity index (χ4v) is 2.68. The lowest BCUT2D eigenvalue weighted by molar-refractivity contribution is -0.146. The van der Waals surface area contributed by atoms with E-state index < -0.39 is 4.75 Å². The summed E-state index contributed by atoms with van der Waals surface area (Å²) in [6.07, 6.45) is 10.1. The van der Waals surface area contributed by atoms with Gasteiger partial charge in [0, 0.05) is 0 Å². The largest absolute Gasteiger partial charge is 0.465 e. The second-order valence-corrected chi connectivity index (χ2v) is 8.63. The topological polar surface area (TPSA) is 26.3 Å². The molecule has 2 nitrogen and oxygen atoms in total. The van der Waals surface area contributed by atoms with Crippen LogP contribution in [0.5, 0.6) is 0 Å². The van der Waals surface area contributed by atoms with Crippen molar-refractivity contribution in [2.75, 3.05) is 6.61 Å². The van der Waals surface area contributed by atoms with Crippen molar-refractivity contribution >= 4 is 18.6 Å². The van der Waals surface area contributed by atoms with Crippen molar-refractivity contribution in [3.8, 4) is 0 Å². The molecule has 0 aliphatic carbocycles. The van der Waals surface area contributed by atoms with Crippen molar-refractivity contribution in [1.82, 2.24) is 0 Å². The lowest BCUT2D eigenvalue weighted by atomic mass is 9.99. The van der Waals surface area contributed by atoms with E-state index in [1.54, 1.807) is 0 Å². The van der Waals surface area contributed by atoms with Crippen LogP contribution in [-0.4, -0.2) is 17.3 Å². The normalized spacial score (nSPS) is 14.4. The van der Waals surface area contributed by atoms with Crippen LogP contribution in [0.3, 0.4) is 0 Å². The molecule has 0 rings (SSSR count). The first-order valence-electron chi connectivity index (χ1n) is 9.15. The van der Waals surface area contributed by atoms with Gasteiger partial charge in [-0.3, -0.25) is 4.79 Å². The molecule has 22 heavy (non-hydrogen) atoms. The van der Waals surface area contributed by atoms with Crippen molar-refractivity contribution in [3.63, 3.8) is 0 Å². The van der Waals surface area contributed by atoms with E-state index in [1.165, 1.54) is 32.1 Å². The predicted octanol–water partition coefficient (Wildman–Crippen LogP) is 6.04. The van der Waals surface area contributed by atoms with Crippen LogP contribution in [0.4, 0.5) is 0 Å². The van der Waals surface area contributed by atoms with E-state index in [4.69, 9.17) is 4.74 Å². The van der Waals surface area contributed by atoms with E-state index in [9.17, 15) is 4.79 Å². The third-order valence-electron chi connectivity index (χ3n) is 4.04. The number of ether oxygens (including phenoxy) is 1. The molecule has 1 unspecified atom stereocenters. The molecule has 0 saturated carbocycles. The Labute approximate surface area is 144 Å². The zero-order chi connectivity index (χ0) is 17.0. The Kier molecular flexibility index (Phi) is 12.2. The zero-order valence-corrected chi connectivity index (χ0v) is 16.4. The fraction of sp³-hybridized carbons (Fsp3) is 0.947. The number of unbranched alkanes of at least 4 members (excludes halogenated alkanes) is 4. The molecule has 1 atom stereocenters. The summed E-state index contributed by atoms with van der Waals surface area (Å²) in [5.41, 5.74) is 0. The fourth-order valence-electron chi connectivity index (χ4n) is 2.45. The molecule has 0 saturated heterocycles. The quantitative estimate of drug-likeness (QED) is 0.253. The van der Waals surface area contributed by atoms with Gasteiger partial charge in [-0.1, -0.05) is 72.6 Å². The Morgan fingerprint density at radius 3 is 1.91 bits per heavy atom. The molecular weight excluding hydrogens is 292 g/mol. The summed E-state index contributed by atoms with van der Waals surface area (Å²) in [5, 5.41) is 0. The van der Waals surface area contributed by atoms with Crippen molar-refractivity contribution < 1.29 is 9.53 Å². The Hall–Kier alpha value is -0.180. The van der Waals surface area contributed by atoms with Crippen LogP contribution >= 0.6 is 12.6 Å². The van der Waals surface area contributed by atoms with Crippen LogP contribution in [-0.2, 0) is 9.53 Å². The second kappa shape index (κ2) is 12.3. The summed E-state index contributed by atoms with van der Waals surface area (Å²) >= 11 is 4.52. The molecule has 0 heterocycles. The van der Waals surface area contributed by atoms with Gasteiger partial charge in [0.1, 0.15) is 4.75 Å². The molecule has 0 N–H and O–H groups in total. The molecule has 0 aromatic rings. The Bertz CT molecular complexity index is 285. The molecule has 132 valence electrons. The van der Waals surface area contributed by atoms with Crippen LogP contribution in [0, 0.1) is 11.8 Å². The third-order valence-corrected chi connectivity index (χ3v) is 4.45. The molecular formula is C19H38O2S. The van der Waals surface area contributed by atoms with Crippen molar-refractivity contribution in [1.29, 1.82) is 0 Å². The van der Waals surface area contributed by atoms with Crippen molar-refractivity contribution in [2.24, 2.45) is 11.8 Å².